The van der Waals surface area contributed by atoms with Crippen LogP contribution in [0.2, 0.25) is 0 Å². The van der Waals surface area contributed by atoms with Gasteiger partial charge in [0.2, 0.25) is 0 Å². The Morgan fingerprint density at radius 3 is 2.93 bits per heavy atom. The quantitative estimate of drug-likeness (QED) is 0.593. The molecule has 0 spiro atoms. The Labute approximate surface area is 84.4 Å². The fourth-order valence-electron chi connectivity index (χ4n) is 2.67. The second-order valence-electron chi connectivity index (χ2n) is 4.20. The normalized spacial score (nSPS) is 15.8. The lowest BCUT2D eigenvalue weighted by atomic mass is 10.1. The highest BCUT2D eigenvalue weighted by atomic mass is 15.0. The third-order valence-electron chi connectivity index (χ3n) is 3.40. The Morgan fingerprint density at radius 2 is 2.00 bits per heavy atom. The van der Waals surface area contributed by atoms with Gasteiger partial charge in [-0.15, -0.1) is 0 Å². The van der Waals surface area contributed by atoms with Gasteiger partial charge < -0.3 is 4.57 Å². The maximum atomic E-state index is 2.51. The molecule has 2 heterocycles. The van der Waals surface area contributed by atoms with Crippen LogP contribution in [0.4, 0.5) is 0 Å². The van der Waals surface area contributed by atoms with Crippen molar-refractivity contribution in [3.05, 3.63) is 35.5 Å². The predicted octanol–water partition coefficient (Wildman–Crippen LogP) is 3.29. The zero-order chi connectivity index (χ0) is 9.54. The summed E-state index contributed by atoms with van der Waals surface area (Å²) in [6, 6.07) is 8.78. The van der Waals surface area contributed by atoms with E-state index in [-0.39, 0.29) is 0 Å². The van der Waals surface area contributed by atoms with Crippen LogP contribution in [-0.4, -0.2) is 4.57 Å². The molecule has 0 aliphatic carbocycles. The van der Waals surface area contributed by atoms with Crippen LogP contribution in [0.3, 0.4) is 0 Å². The summed E-state index contributed by atoms with van der Waals surface area (Å²) in [5, 5.41) is 1.45. The minimum atomic E-state index is 1.21. The molecule has 1 nitrogen and oxygen atoms in total. The molecule has 0 amide bonds. The third kappa shape index (κ3) is 0.955. The van der Waals surface area contributed by atoms with Crippen LogP contribution < -0.4 is 0 Å². The number of fused-ring (bicyclic) bond motifs is 3. The van der Waals surface area contributed by atoms with E-state index in [1.54, 1.807) is 5.69 Å². The summed E-state index contributed by atoms with van der Waals surface area (Å²) in [4.78, 5) is 0. The fraction of sp³-hybridized carbons (Fsp3) is 0.385. The van der Waals surface area contributed by atoms with Crippen LogP contribution >= 0.6 is 0 Å². The van der Waals surface area contributed by atoms with Crippen molar-refractivity contribution < 1.29 is 0 Å². The maximum Gasteiger partial charge on any atom is 0.0485 e. The molecule has 3 rings (SSSR count). The highest BCUT2D eigenvalue weighted by Gasteiger charge is 2.15. The van der Waals surface area contributed by atoms with Gasteiger partial charge in [0.15, 0.2) is 0 Å². The lowest BCUT2D eigenvalue weighted by molar-refractivity contribution is 0.542. The highest BCUT2D eigenvalue weighted by molar-refractivity contribution is 5.85. The number of hydrogen-bond donors (Lipinski definition) is 0. The van der Waals surface area contributed by atoms with E-state index in [1.165, 1.54) is 42.3 Å². The first-order valence-corrected chi connectivity index (χ1v) is 5.44. The van der Waals surface area contributed by atoms with Crippen molar-refractivity contribution in [3.63, 3.8) is 0 Å². The highest BCUT2D eigenvalue weighted by Crippen LogP contribution is 2.29. The molecule has 1 aliphatic rings. The molecule has 1 aromatic carbocycles. The van der Waals surface area contributed by atoms with E-state index in [0.717, 1.165) is 0 Å². The Hall–Kier alpha value is -1.24. The van der Waals surface area contributed by atoms with Crippen LogP contribution in [0.15, 0.2) is 24.3 Å². The molecule has 1 aliphatic heterocycles. The van der Waals surface area contributed by atoms with E-state index in [1.807, 2.05) is 0 Å². The lowest BCUT2D eigenvalue weighted by Gasteiger charge is -2.16. The molecule has 0 saturated carbocycles. The van der Waals surface area contributed by atoms with Gasteiger partial charge in [-0.05, 0) is 37.8 Å². The van der Waals surface area contributed by atoms with Gasteiger partial charge in [0.1, 0.15) is 0 Å². The van der Waals surface area contributed by atoms with Crippen molar-refractivity contribution in [1.29, 1.82) is 0 Å². The van der Waals surface area contributed by atoms with Crippen LogP contribution in [0.25, 0.3) is 10.9 Å². The molecule has 1 aromatic heterocycles. The Kier molecular flexibility index (Phi) is 1.66. The summed E-state index contributed by atoms with van der Waals surface area (Å²) < 4.78 is 2.51. The van der Waals surface area contributed by atoms with Crippen LogP contribution in [0, 0.1) is 6.92 Å². The summed E-state index contributed by atoms with van der Waals surface area (Å²) in [5.74, 6) is 0. The van der Waals surface area contributed by atoms with Crippen LogP contribution in [-0.2, 0) is 13.0 Å². The number of nitrogens with zero attached hydrogens (tertiary/aromatic N) is 1. The van der Waals surface area contributed by atoms with E-state index in [2.05, 4.69) is 35.8 Å². The number of aryl methyl sites for hydroxylation is 2. The summed E-state index contributed by atoms with van der Waals surface area (Å²) in [5.41, 5.74) is 4.50. The Balaban J connectivity index is 2.41. The monoisotopic (exact) mass is 185 g/mol. The van der Waals surface area contributed by atoms with Crippen molar-refractivity contribution in [2.24, 2.45) is 0 Å². The van der Waals surface area contributed by atoms with Gasteiger partial charge in [0.05, 0.1) is 0 Å². The van der Waals surface area contributed by atoms with E-state index < -0.39 is 0 Å². The number of hydrogen-bond acceptors (Lipinski definition) is 0. The molecule has 14 heavy (non-hydrogen) atoms. The molecular weight excluding hydrogens is 170 g/mol. The van der Waals surface area contributed by atoms with Crippen molar-refractivity contribution in [1.82, 2.24) is 4.57 Å². The molecule has 0 saturated heterocycles. The average Bonchev–Trinajstić information content (AvgIpc) is 2.55. The van der Waals surface area contributed by atoms with Gasteiger partial charge in [0.25, 0.3) is 0 Å². The second-order valence-corrected chi connectivity index (χ2v) is 4.20. The first-order chi connectivity index (χ1) is 6.88. The molecular formula is C13H15N. The number of aromatic nitrogens is 1. The number of benzene rings is 1. The Morgan fingerprint density at radius 1 is 1.14 bits per heavy atom. The second kappa shape index (κ2) is 2.88. The molecule has 2 aromatic rings. The summed E-state index contributed by atoms with van der Waals surface area (Å²) in [6.07, 6.45) is 3.96. The standard InChI is InChI=1S/C13H15N/c1-10-11-6-2-3-8-13(11)14-9-5-4-7-12(10)14/h2-3,6,8H,4-5,7,9H2,1H3. The molecule has 0 fully saturated rings. The van der Waals surface area contributed by atoms with Crippen molar-refractivity contribution in [3.8, 4) is 0 Å². The van der Waals surface area contributed by atoms with Crippen LogP contribution in [0.1, 0.15) is 24.1 Å². The summed E-state index contributed by atoms with van der Waals surface area (Å²) in [7, 11) is 0. The van der Waals surface area contributed by atoms with E-state index in [0.29, 0.717) is 0 Å². The molecule has 0 radical (unpaired) electrons. The number of rotatable bonds is 0. The van der Waals surface area contributed by atoms with Crippen LogP contribution in [0.5, 0.6) is 0 Å². The van der Waals surface area contributed by atoms with E-state index in [9.17, 15) is 0 Å². The molecule has 0 unspecified atom stereocenters. The summed E-state index contributed by atoms with van der Waals surface area (Å²) in [6.45, 7) is 3.48. The largest absolute Gasteiger partial charge is 0.344 e. The van der Waals surface area contributed by atoms with Gasteiger partial charge in [-0.3, -0.25) is 0 Å². The van der Waals surface area contributed by atoms with Gasteiger partial charge in [-0.25, -0.2) is 0 Å². The van der Waals surface area contributed by atoms with E-state index in [4.69, 9.17) is 0 Å². The van der Waals surface area contributed by atoms with Gasteiger partial charge in [-0.1, -0.05) is 18.2 Å². The molecule has 0 atom stereocenters. The minimum absolute atomic E-state index is 1.21. The smallest absolute Gasteiger partial charge is 0.0485 e. The molecule has 0 N–H and O–H groups in total. The number of para-hydroxylation sites is 1. The maximum absolute atomic E-state index is 2.51. The molecule has 72 valence electrons. The third-order valence-corrected chi connectivity index (χ3v) is 3.40. The zero-order valence-corrected chi connectivity index (χ0v) is 8.59. The lowest BCUT2D eigenvalue weighted by Crippen LogP contribution is -2.09. The first kappa shape index (κ1) is 8.10. The Bertz CT molecular complexity index is 479. The molecule has 0 bridgehead atoms. The van der Waals surface area contributed by atoms with Crippen molar-refractivity contribution in [2.75, 3.05) is 0 Å². The van der Waals surface area contributed by atoms with Crippen molar-refractivity contribution >= 4 is 10.9 Å². The SMILES string of the molecule is Cc1c2n(c3ccccc13)CCCC2. The predicted molar refractivity (Wildman–Crippen MR) is 59.6 cm³/mol. The molecule has 1 heteroatoms. The zero-order valence-electron chi connectivity index (χ0n) is 8.59. The average molecular weight is 185 g/mol. The van der Waals surface area contributed by atoms with Gasteiger partial charge in [0, 0.05) is 23.1 Å². The van der Waals surface area contributed by atoms with E-state index >= 15 is 0 Å². The van der Waals surface area contributed by atoms with Crippen molar-refractivity contribution in [2.45, 2.75) is 32.7 Å². The fourth-order valence-corrected chi connectivity index (χ4v) is 2.67. The first-order valence-electron chi connectivity index (χ1n) is 5.44. The van der Waals surface area contributed by atoms with Gasteiger partial charge in [-0.2, -0.15) is 0 Å². The van der Waals surface area contributed by atoms with Gasteiger partial charge >= 0.3 is 0 Å². The summed E-state index contributed by atoms with van der Waals surface area (Å²) >= 11 is 0. The topological polar surface area (TPSA) is 4.93 Å². The minimum Gasteiger partial charge on any atom is -0.344 e.